The molecule has 0 bridgehead atoms. The Kier molecular flexibility index (Phi) is 1.53. The number of amides is 1. The third kappa shape index (κ3) is 0.842. The highest BCUT2D eigenvalue weighted by atomic mass is 31.1. The average Bonchev–Trinajstić information content (AvgIpc) is 2.14. The summed E-state index contributed by atoms with van der Waals surface area (Å²) in [7, 11) is -1.12. The van der Waals surface area contributed by atoms with Crippen LogP contribution < -0.4 is 0 Å². The minimum absolute atomic E-state index is 0.383. The Hall–Kier alpha value is -0.500. The van der Waals surface area contributed by atoms with Crippen LogP contribution in [0.25, 0.3) is 0 Å². The number of carbonyl (C=O) groups is 1. The fourth-order valence-electron chi connectivity index (χ4n) is 0.501. The van der Waals surface area contributed by atoms with Crippen LogP contribution in [0.15, 0.2) is 0 Å². The summed E-state index contributed by atoms with van der Waals surface area (Å²) in [6, 6.07) is 0. The van der Waals surface area contributed by atoms with Gasteiger partial charge in [-0.05, 0) is 0 Å². The minimum atomic E-state index is -1.12. The zero-order valence-corrected chi connectivity index (χ0v) is 5.32. The first-order chi connectivity index (χ1) is 3.84. The van der Waals surface area contributed by atoms with Crippen LogP contribution >= 0.6 is 8.61 Å². The summed E-state index contributed by atoms with van der Waals surface area (Å²) in [5.41, 5.74) is 0. The predicted molar refractivity (Wildman–Crippen MR) is 28.5 cm³/mol. The highest BCUT2D eigenvalue weighted by Crippen LogP contribution is 2.11. The monoisotopic (exact) mass is 135 g/mol. The van der Waals surface area contributed by atoms with Crippen molar-refractivity contribution in [2.75, 3.05) is 13.2 Å². The zero-order chi connectivity index (χ0) is 5.98. The van der Waals surface area contributed by atoms with Gasteiger partial charge in [-0.15, -0.1) is 0 Å². The topological polar surface area (TPSA) is 46.6 Å². The van der Waals surface area contributed by atoms with Gasteiger partial charge in [0.05, 0.1) is 6.54 Å². The summed E-state index contributed by atoms with van der Waals surface area (Å²) in [6.45, 7) is 0.867. The molecule has 0 spiro atoms. The quantitative estimate of drug-likeness (QED) is 0.479. The van der Waals surface area contributed by atoms with Gasteiger partial charge in [-0.2, -0.15) is 0 Å². The highest BCUT2D eigenvalue weighted by molar-refractivity contribution is 7.21. The van der Waals surface area contributed by atoms with Crippen molar-refractivity contribution in [3.63, 3.8) is 0 Å². The first-order valence-corrected chi connectivity index (χ1v) is 3.22. The van der Waals surface area contributed by atoms with E-state index >= 15 is 0 Å². The van der Waals surface area contributed by atoms with Crippen molar-refractivity contribution in [2.24, 2.45) is 0 Å². The lowest BCUT2D eigenvalue weighted by Crippen LogP contribution is -2.10. The summed E-state index contributed by atoms with van der Waals surface area (Å²) in [5.74, 6) is 0. The Bertz CT molecular complexity index is 126. The van der Waals surface area contributed by atoms with Crippen molar-refractivity contribution in [1.82, 2.24) is 4.67 Å². The van der Waals surface area contributed by atoms with Crippen LogP contribution in [0, 0.1) is 0 Å². The molecule has 1 aliphatic rings. The van der Waals surface area contributed by atoms with E-state index in [2.05, 4.69) is 4.74 Å². The Morgan fingerprint density at radius 2 is 2.50 bits per heavy atom. The van der Waals surface area contributed by atoms with E-state index in [1.807, 2.05) is 0 Å². The normalized spacial score (nSPS) is 20.5. The van der Waals surface area contributed by atoms with Gasteiger partial charge in [0.15, 0.2) is 8.61 Å². The molecule has 0 radical (unpaired) electrons. The van der Waals surface area contributed by atoms with Crippen molar-refractivity contribution in [3.05, 3.63) is 0 Å². The second kappa shape index (κ2) is 2.18. The molecule has 0 saturated carbocycles. The summed E-state index contributed by atoms with van der Waals surface area (Å²) < 4.78 is 15.7. The molecule has 1 amide bonds. The van der Waals surface area contributed by atoms with Gasteiger partial charge < -0.3 is 9.30 Å². The van der Waals surface area contributed by atoms with Gasteiger partial charge in [0, 0.05) is 0 Å². The van der Waals surface area contributed by atoms with Gasteiger partial charge in [-0.3, -0.25) is 4.67 Å². The fourth-order valence-corrected chi connectivity index (χ4v) is 0.873. The largest absolute Gasteiger partial charge is 0.447 e. The van der Waals surface area contributed by atoms with Crippen LogP contribution in [-0.2, 0) is 9.30 Å². The number of carbonyl (C=O) groups excluding carboxylic acids is 1. The van der Waals surface area contributed by atoms with E-state index in [4.69, 9.17) is 0 Å². The minimum Gasteiger partial charge on any atom is -0.447 e. The molecule has 1 fully saturated rings. The van der Waals surface area contributed by atoms with E-state index < -0.39 is 14.7 Å². The molecule has 1 rings (SSSR count). The van der Waals surface area contributed by atoms with Crippen LogP contribution in [0.4, 0.5) is 4.79 Å². The number of nitrogens with zero attached hydrogens (tertiary/aromatic N) is 1. The molecule has 1 aliphatic heterocycles. The molecule has 46 valence electrons. The first kappa shape index (κ1) is 5.63. The van der Waals surface area contributed by atoms with Crippen molar-refractivity contribution in [1.29, 1.82) is 0 Å². The van der Waals surface area contributed by atoms with Crippen LogP contribution in [0.3, 0.4) is 0 Å². The molecule has 1 unspecified atom stereocenters. The molecule has 0 aromatic carbocycles. The smallest absolute Gasteiger partial charge is 0.415 e. The summed E-state index contributed by atoms with van der Waals surface area (Å²) >= 11 is 0. The van der Waals surface area contributed by atoms with Crippen LogP contribution in [-0.4, -0.2) is 23.9 Å². The van der Waals surface area contributed by atoms with Gasteiger partial charge in [0.25, 0.3) is 0 Å². The lowest BCUT2D eigenvalue weighted by atomic mass is 10.7. The van der Waals surface area contributed by atoms with Crippen LogP contribution in [0.1, 0.15) is 0 Å². The Balaban J connectivity index is 2.54. The Labute approximate surface area is 47.7 Å². The SMILES string of the molecule is O=[PH2]N1CCOC1=O. The molecular weight excluding hydrogens is 129 g/mol. The molecule has 0 aliphatic carbocycles. The lowest BCUT2D eigenvalue weighted by Gasteiger charge is -1.98. The summed E-state index contributed by atoms with van der Waals surface area (Å²) in [4.78, 5) is 10.3. The standard InChI is InChI=1S/C3H6NO3P/c5-3-4(8-6)1-2-7-3/h1-2,8H2. The molecule has 5 heteroatoms. The first-order valence-electron chi connectivity index (χ1n) is 2.23. The maximum Gasteiger partial charge on any atom is 0.415 e. The molecule has 0 aromatic heterocycles. The van der Waals surface area contributed by atoms with E-state index in [1.54, 1.807) is 0 Å². The van der Waals surface area contributed by atoms with Crippen molar-refractivity contribution in [3.8, 4) is 0 Å². The molecule has 4 nitrogen and oxygen atoms in total. The molecule has 1 heterocycles. The highest BCUT2D eigenvalue weighted by Gasteiger charge is 2.19. The van der Waals surface area contributed by atoms with Crippen molar-refractivity contribution in [2.45, 2.75) is 0 Å². The fraction of sp³-hybridized carbons (Fsp3) is 0.667. The van der Waals surface area contributed by atoms with Gasteiger partial charge in [-0.25, -0.2) is 4.79 Å². The van der Waals surface area contributed by atoms with Gasteiger partial charge in [0.2, 0.25) is 0 Å². The maximum atomic E-state index is 10.3. The summed E-state index contributed by atoms with van der Waals surface area (Å²) in [5, 5.41) is 0. The van der Waals surface area contributed by atoms with Crippen LogP contribution in [0.2, 0.25) is 0 Å². The second-order valence-electron chi connectivity index (χ2n) is 1.41. The third-order valence-corrected chi connectivity index (χ3v) is 1.64. The number of hydrogen-bond acceptors (Lipinski definition) is 3. The second-order valence-corrected chi connectivity index (χ2v) is 2.25. The zero-order valence-electron chi connectivity index (χ0n) is 4.16. The van der Waals surface area contributed by atoms with E-state index in [9.17, 15) is 9.36 Å². The average molecular weight is 135 g/mol. The molecule has 0 aromatic rings. The number of cyclic esters (lactones) is 1. The van der Waals surface area contributed by atoms with Crippen molar-refractivity contribution < 1.29 is 14.1 Å². The summed E-state index contributed by atoms with van der Waals surface area (Å²) in [6.07, 6.45) is -0.449. The Morgan fingerprint density at radius 1 is 1.75 bits per heavy atom. The van der Waals surface area contributed by atoms with Crippen LogP contribution in [0.5, 0.6) is 0 Å². The number of hydrogen-bond donors (Lipinski definition) is 0. The van der Waals surface area contributed by atoms with Gasteiger partial charge in [-0.1, -0.05) is 0 Å². The maximum absolute atomic E-state index is 10.3. The van der Waals surface area contributed by atoms with Gasteiger partial charge in [0.1, 0.15) is 6.61 Å². The van der Waals surface area contributed by atoms with Gasteiger partial charge >= 0.3 is 6.09 Å². The number of rotatable bonds is 1. The van der Waals surface area contributed by atoms with E-state index in [0.717, 1.165) is 0 Å². The van der Waals surface area contributed by atoms with E-state index in [1.165, 1.54) is 4.67 Å². The molecule has 1 saturated heterocycles. The predicted octanol–water partition coefficient (Wildman–Crippen LogP) is 0.110. The molecular formula is C3H6NO3P. The van der Waals surface area contributed by atoms with E-state index in [-0.39, 0.29) is 0 Å². The molecule has 0 N–H and O–H groups in total. The lowest BCUT2D eigenvalue weighted by molar-refractivity contribution is 0.170. The number of ether oxygens (including phenoxy) is 1. The Morgan fingerprint density at radius 3 is 2.75 bits per heavy atom. The van der Waals surface area contributed by atoms with E-state index in [0.29, 0.717) is 13.2 Å². The molecule has 8 heavy (non-hydrogen) atoms. The third-order valence-electron chi connectivity index (χ3n) is 0.919. The molecule has 1 atom stereocenters. The van der Waals surface area contributed by atoms with Crippen molar-refractivity contribution >= 4 is 14.7 Å².